The highest BCUT2D eigenvalue weighted by molar-refractivity contribution is 5.88. The second kappa shape index (κ2) is 10.2. The molecule has 3 aromatic carbocycles. The predicted molar refractivity (Wildman–Crippen MR) is 131 cm³/mol. The smallest absolute Gasteiger partial charge is 0.434 e. The van der Waals surface area contributed by atoms with E-state index in [9.17, 15) is 4.79 Å². The van der Waals surface area contributed by atoms with Crippen LogP contribution in [0.2, 0.25) is 0 Å². The molecule has 0 bridgehead atoms. The summed E-state index contributed by atoms with van der Waals surface area (Å²) in [5.41, 5.74) is 11.9. The normalized spacial score (nSPS) is 11.0. The van der Waals surface area contributed by atoms with Crippen molar-refractivity contribution in [3.63, 3.8) is 0 Å². The van der Waals surface area contributed by atoms with Crippen LogP contribution in [0.15, 0.2) is 66.7 Å². The summed E-state index contributed by atoms with van der Waals surface area (Å²) in [5, 5.41) is 0. The molecule has 0 radical (unpaired) electrons. The van der Waals surface area contributed by atoms with Gasteiger partial charge in [0, 0.05) is 18.5 Å². The number of nitrogen functional groups attached to an aromatic ring is 1. The van der Waals surface area contributed by atoms with Crippen molar-refractivity contribution in [2.45, 2.75) is 39.7 Å². The van der Waals surface area contributed by atoms with Gasteiger partial charge in [0.25, 0.3) is 0 Å². The van der Waals surface area contributed by atoms with Crippen molar-refractivity contribution < 1.29 is 14.3 Å². The molecule has 0 aliphatic heterocycles. The van der Waals surface area contributed by atoms with Gasteiger partial charge in [-0.15, -0.1) is 0 Å². The number of rotatable bonds is 8. The average Bonchev–Trinajstić information content (AvgIpc) is 3.17. The first-order valence-electron chi connectivity index (χ1n) is 11.4. The van der Waals surface area contributed by atoms with Gasteiger partial charge in [-0.25, -0.2) is 9.78 Å². The zero-order valence-electron chi connectivity index (χ0n) is 19.1. The molecule has 4 aromatic rings. The number of imidazole rings is 1. The fourth-order valence-electron chi connectivity index (χ4n) is 3.96. The van der Waals surface area contributed by atoms with Gasteiger partial charge >= 0.3 is 6.16 Å². The number of aryl methyl sites for hydroxylation is 1. The van der Waals surface area contributed by atoms with E-state index < -0.39 is 6.16 Å². The van der Waals surface area contributed by atoms with Gasteiger partial charge in [0.2, 0.25) is 0 Å². The Bertz CT molecular complexity index is 1250. The van der Waals surface area contributed by atoms with E-state index in [0.717, 1.165) is 58.5 Å². The molecule has 0 aliphatic carbocycles. The summed E-state index contributed by atoms with van der Waals surface area (Å²) in [6.07, 6.45) is 2.41. The van der Waals surface area contributed by atoms with Gasteiger partial charge in [-0.3, -0.25) is 0 Å². The number of anilines is 1. The quantitative estimate of drug-likeness (QED) is 0.199. The maximum Gasteiger partial charge on any atom is 0.513 e. The number of fused-ring (bicyclic) bond motifs is 1. The van der Waals surface area contributed by atoms with Gasteiger partial charge in [-0.2, -0.15) is 0 Å². The number of nitrogens with zero attached hydrogens (tertiary/aromatic N) is 2. The van der Waals surface area contributed by atoms with E-state index in [0.29, 0.717) is 12.3 Å². The van der Waals surface area contributed by atoms with E-state index in [-0.39, 0.29) is 6.61 Å². The molecule has 4 rings (SSSR count). The van der Waals surface area contributed by atoms with E-state index >= 15 is 0 Å². The lowest BCUT2D eigenvalue weighted by atomic mass is 10.0. The summed E-state index contributed by atoms with van der Waals surface area (Å²) in [7, 11) is 0. The highest BCUT2D eigenvalue weighted by Crippen LogP contribution is 2.31. The number of carbonyl (C=O) groups excluding carboxylic acids is 1. The van der Waals surface area contributed by atoms with E-state index in [1.165, 1.54) is 0 Å². The Morgan fingerprint density at radius 1 is 1.00 bits per heavy atom. The van der Waals surface area contributed by atoms with Crippen LogP contribution in [-0.2, 0) is 17.7 Å². The molecule has 0 unspecified atom stereocenters. The summed E-state index contributed by atoms with van der Waals surface area (Å²) < 4.78 is 12.5. The molecular formula is C27H29N3O3. The highest BCUT2D eigenvalue weighted by Gasteiger charge is 2.14. The van der Waals surface area contributed by atoms with Crippen molar-refractivity contribution in [3.05, 3.63) is 78.1 Å². The topological polar surface area (TPSA) is 79.4 Å². The number of benzene rings is 3. The molecule has 33 heavy (non-hydrogen) atoms. The number of unbranched alkanes of at least 4 members (excludes halogenated alkanes) is 1. The molecule has 0 aliphatic rings. The Labute approximate surface area is 194 Å². The van der Waals surface area contributed by atoms with Crippen molar-refractivity contribution in [1.29, 1.82) is 0 Å². The summed E-state index contributed by atoms with van der Waals surface area (Å²) in [6, 6.07) is 21.6. The third-order valence-corrected chi connectivity index (χ3v) is 5.58. The number of para-hydroxylation sites is 2. The number of nitrogens with two attached hydrogens (primary N) is 1. The Balaban J connectivity index is 1.62. The monoisotopic (exact) mass is 443 g/mol. The third-order valence-electron chi connectivity index (χ3n) is 5.58. The third kappa shape index (κ3) is 5.00. The standard InChI is InChI=1S/C27H29N3O3/c1-3-5-13-25-29-23-11-8-10-22(28)26(23)30(25)18-19-14-16-20(17-15-19)21-9-6-7-12-24(21)33-27(31)32-4-2/h6-12,14-17H,3-5,13,18,28H2,1-2H3. The number of hydrogen-bond acceptors (Lipinski definition) is 5. The highest BCUT2D eigenvalue weighted by atomic mass is 16.7. The van der Waals surface area contributed by atoms with Gasteiger partial charge < -0.3 is 19.8 Å². The molecule has 0 fully saturated rings. The minimum Gasteiger partial charge on any atom is -0.434 e. The maximum absolute atomic E-state index is 11.8. The van der Waals surface area contributed by atoms with Crippen LogP contribution in [0.25, 0.3) is 22.2 Å². The molecule has 0 amide bonds. The summed E-state index contributed by atoms with van der Waals surface area (Å²) in [6.45, 7) is 4.88. The number of hydrogen-bond donors (Lipinski definition) is 1. The molecule has 2 N–H and O–H groups in total. The Hall–Kier alpha value is -3.80. The molecule has 0 atom stereocenters. The zero-order valence-corrected chi connectivity index (χ0v) is 19.1. The SMILES string of the molecule is CCCCc1nc2cccc(N)c2n1Cc1ccc(-c2ccccc2OC(=O)OCC)cc1. The molecule has 0 saturated carbocycles. The molecule has 6 nitrogen and oxygen atoms in total. The van der Waals surface area contributed by atoms with Crippen LogP contribution in [0.5, 0.6) is 5.75 Å². The molecule has 0 spiro atoms. The Kier molecular flexibility index (Phi) is 6.93. The lowest BCUT2D eigenvalue weighted by molar-refractivity contribution is 0.104. The van der Waals surface area contributed by atoms with Crippen LogP contribution in [0.1, 0.15) is 38.1 Å². The van der Waals surface area contributed by atoms with Gasteiger partial charge in [-0.05, 0) is 42.7 Å². The van der Waals surface area contributed by atoms with Crippen LogP contribution in [-0.4, -0.2) is 22.3 Å². The lowest BCUT2D eigenvalue weighted by Crippen LogP contribution is -2.10. The first-order valence-corrected chi connectivity index (χ1v) is 11.4. The second-order valence-corrected chi connectivity index (χ2v) is 7.91. The van der Waals surface area contributed by atoms with Gasteiger partial charge in [-0.1, -0.05) is 61.9 Å². The van der Waals surface area contributed by atoms with Crippen molar-refractivity contribution in [3.8, 4) is 16.9 Å². The molecule has 6 heteroatoms. The van der Waals surface area contributed by atoms with Gasteiger partial charge in [0.15, 0.2) is 0 Å². The summed E-state index contributed by atoms with van der Waals surface area (Å²) in [5.74, 6) is 1.53. The fourth-order valence-corrected chi connectivity index (χ4v) is 3.96. The minimum absolute atomic E-state index is 0.267. The number of carbonyl (C=O) groups is 1. The molecule has 0 saturated heterocycles. The predicted octanol–water partition coefficient (Wildman–Crippen LogP) is 6.21. The largest absolute Gasteiger partial charge is 0.513 e. The molecule has 1 heterocycles. The average molecular weight is 444 g/mol. The lowest BCUT2D eigenvalue weighted by Gasteiger charge is -2.13. The molecule has 170 valence electrons. The Morgan fingerprint density at radius 2 is 1.79 bits per heavy atom. The van der Waals surface area contributed by atoms with Crippen LogP contribution in [0.4, 0.5) is 10.5 Å². The first kappa shape index (κ1) is 22.4. The second-order valence-electron chi connectivity index (χ2n) is 7.91. The van der Waals surface area contributed by atoms with E-state index in [2.05, 4.69) is 23.6 Å². The van der Waals surface area contributed by atoms with Gasteiger partial charge in [0.1, 0.15) is 11.6 Å². The van der Waals surface area contributed by atoms with Crippen molar-refractivity contribution in [2.24, 2.45) is 0 Å². The summed E-state index contributed by atoms with van der Waals surface area (Å²) >= 11 is 0. The Morgan fingerprint density at radius 3 is 2.55 bits per heavy atom. The first-order chi connectivity index (χ1) is 16.1. The van der Waals surface area contributed by atoms with E-state index in [1.807, 2.05) is 48.5 Å². The molecule has 1 aromatic heterocycles. The van der Waals surface area contributed by atoms with Crippen LogP contribution in [0, 0.1) is 0 Å². The maximum atomic E-state index is 11.8. The molecular weight excluding hydrogens is 414 g/mol. The van der Waals surface area contributed by atoms with E-state index in [4.69, 9.17) is 20.2 Å². The van der Waals surface area contributed by atoms with Crippen molar-refractivity contribution in [1.82, 2.24) is 9.55 Å². The van der Waals surface area contributed by atoms with E-state index in [1.54, 1.807) is 13.0 Å². The fraction of sp³-hybridized carbons (Fsp3) is 0.259. The number of aromatic nitrogens is 2. The number of ether oxygens (including phenoxy) is 2. The zero-order chi connectivity index (χ0) is 23.2. The van der Waals surface area contributed by atoms with Crippen LogP contribution in [0.3, 0.4) is 0 Å². The van der Waals surface area contributed by atoms with Crippen LogP contribution >= 0.6 is 0 Å². The van der Waals surface area contributed by atoms with Crippen LogP contribution < -0.4 is 10.5 Å². The van der Waals surface area contributed by atoms with Crippen molar-refractivity contribution >= 4 is 22.9 Å². The minimum atomic E-state index is -0.703. The summed E-state index contributed by atoms with van der Waals surface area (Å²) in [4.78, 5) is 16.7. The van der Waals surface area contributed by atoms with Gasteiger partial charge in [0.05, 0.1) is 23.3 Å². The van der Waals surface area contributed by atoms with Crippen molar-refractivity contribution in [2.75, 3.05) is 12.3 Å².